The Morgan fingerprint density at radius 2 is 1.83 bits per heavy atom. The maximum Gasteiger partial charge on any atom is 0.0905 e. The van der Waals surface area contributed by atoms with E-state index in [1.807, 2.05) is 0 Å². The number of rotatable bonds is 0. The zero-order valence-corrected chi connectivity index (χ0v) is 7.50. The minimum absolute atomic E-state index is 0.456. The van der Waals surface area contributed by atoms with E-state index in [9.17, 15) is 10.2 Å². The SMILES string of the molecule is OC1CCC2CCCC1(O)CC2. The van der Waals surface area contributed by atoms with Gasteiger partial charge in [0, 0.05) is 0 Å². The van der Waals surface area contributed by atoms with Crippen molar-refractivity contribution in [1.29, 1.82) is 0 Å². The molecule has 12 heavy (non-hydrogen) atoms. The topological polar surface area (TPSA) is 40.5 Å². The summed E-state index contributed by atoms with van der Waals surface area (Å²) in [6.07, 6.45) is 6.57. The first-order valence-corrected chi connectivity index (χ1v) is 5.11. The van der Waals surface area contributed by atoms with Crippen LogP contribution in [0.25, 0.3) is 0 Å². The van der Waals surface area contributed by atoms with Gasteiger partial charge in [-0.25, -0.2) is 0 Å². The number of fused-ring (bicyclic) bond motifs is 3. The lowest BCUT2D eigenvalue weighted by molar-refractivity contribution is -0.0845. The van der Waals surface area contributed by atoms with E-state index < -0.39 is 11.7 Å². The van der Waals surface area contributed by atoms with E-state index in [0.29, 0.717) is 0 Å². The molecule has 0 aliphatic heterocycles. The van der Waals surface area contributed by atoms with E-state index in [0.717, 1.165) is 44.4 Å². The molecule has 0 aromatic heterocycles. The minimum atomic E-state index is -0.731. The van der Waals surface area contributed by atoms with Crippen LogP contribution >= 0.6 is 0 Å². The molecule has 2 bridgehead atoms. The second-order valence-electron chi connectivity index (χ2n) is 4.49. The second kappa shape index (κ2) is 3.00. The Morgan fingerprint density at radius 3 is 2.67 bits per heavy atom. The molecule has 2 nitrogen and oxygen atoms in total. The molecule has 0 spiro atoms. The van der Waals surface area contributed by atoms with Crippen LogP contribution < -0.4 is 0 Å². The Labute approximate surface area is 73.6 Å². The molecule has 2 aliphatic carbocycles. The van der Waals surface area contributed by atoms with Crippen molar-refractivity contribution in [2.75, 3.05) is 0 Å². The number of aliphatic hydroxyl groups excluding tert-OH is 1. The lowest BCUT2D eigenvalue weighted by Crippen LogP contribution is -2.41. The summed E-state index contributed by atoms with van der Waals surface area (Å²) >= 11 is 0. The van der Waals surface area contributed by atoms with E-state index in [2.05, 4.69) is 0 Å². The summed E-state index contributed by atoms with van der Waals surface area (Å²) in [5, 5.41) is 19.8. The van der Waals surface area contributed by atoms with Gasteiger partial charge in [-0.05, 0) is 38.0 Å². The highest BCUT2D eigenvalue weighted by Crippen LogP contribution is 2.39. The molecule has 70 valence electrons. The van der Waals surface area contributed by atoms with Gasteiger partial charge in [-0.3, -0.25) is 0 Å². The van der Waals surface area contributed by atoms with Gasteiger partial charge in [0.15, 0.2) is 0 Å². The predicted octanol–water partition coefficient (Wildman–Crippen LogP) is 1.45. The van der Waals surface area contributed by atoms with Crippen molar-refractivity contribution in [3.63, 3.8) is 0 Å². The molecule has 0 amide bonds. The van der Waals surface area contributed by atoms with Crippen LogP contribution in [0.1, 0.15) is 44.9 Å². The van der Waals surface area contributed by atoms with Crippen LogP contribution in [0.5, 0.6) is 0 Å². The Hall–Kier alpha value is -0.0800. The maximum atomic E-state index is 10.1. The highest BCUT2D eigenvalue weighted by atomic mass is 16.3. The molecule has 0 heterocycles. The fourth-order valence-electron chi connectivity index (χ4n) is 2.70. The molecule has 2 rings (SSSR count). The maximum absolute atomic E-state index is 10.1. The van der Waals surface area contributed by atoms with Gasteiger partial charge in [0.2, 0.25) is 0 Å². The quantitative estimate of drug-likeness (QED) is 0.577. The lowest BCUT2D eigenvalue weighted by Gasteiger charge is -2.31. The minimum Gasteiger partial charge on any atom is -0.390 e. The lowest BCUT2D eigenvalue weighted by atomic mass is 9.86. The summed E-state index contributed by atoms with van der Waals surface area (Å²) in [5.74, 6) is 0.774. The highest BCUT2D eigenvalue weighted by Gasteiger charge is 2.40. The van der Waals surface area contributed by atoms with Crippen molar-refractivity contribution in [3.05, 3.63) is 0 Å². The Balaban J connectivity index is 2.17. The van der Waals surface area contributed by atoms with E-state index in [1.165, 1.54) is 6.42 Å². The van der Waals surface area contributed by atoms with E-state index in [-0.39, 0.29) is 0 Å². The van der Waals surface area contributed by atoms with Crippen LogP contribution in [0.15, 0.2) is 0 Å². The predicted molar refractivity (Wildman–Crippen MR) is 46.8 cm³/mol. The summed E-state index contributed by atoms with van der Waals surface area (Å²) < 4.78 is 0. The average molecular weight is 170 g/mol. The van der Waals surface area contributed by atoms with Gasteiger partial charge in [-0.2, -0.15) is 0 Å². The summed E-state index contributed by atoms with van der Waals surface area (Å²) in [4.78, 5) is 0. The van der Waals surface area contributed by atoms with Gasteiger partial charge < -0.3 is 10.2 Å². The molecular weight excluding hydrogens is 152 g/mol. The van der Waals surface area contributed by atoms with Crippen molar-refractivity contribution >= 4 is 0 Å². The molecule has 2 fully saturated rings. The van der Waals surface area contributed by atoms with Crippen LogP contribution in [-0.2, 0) is 0 Å². The van der Waals surface area contributed by atoms with Crippen LogP contribution in [0, 0.1) is 5.92 Å². The third-order valence-corrected chi connectivity index (χ3v) is 3.68. The first-order valence-electron chi connectivity index (χ1n) is 5.11. The van der Waals surface area contributed by atoms with Gasteiger partial charge in [0.1, 0.15) is 0 Å². The standard InChI is InChI=1S/C10H18O2/c11-9-4-3-8-2-1-6-10(9,12)7-5-8/h8-9,11-12H,1-7H2. The highest BCUT2D eigenvalue weighted by molar-refractivity contribution is 4.92. The van der Waals surface area contributed by atoms with Gasteiger partial charge in [-0.1, -0.05) is 12.8 Å². The molecule has 0 radical (unpaired) electrons. The summed E-state index contributed by atoms with van der Waals surface area (Å²) in [7, 11) is 0. The Kier molecular flexibility index (Phi) is 2.13. The monoisotopic (exact) mass is 170 g/mol. The van der Waals surface area contributed by atoms with Crippen molar-refractivity contribution in [2.24, 2.45) is 5.92 Å². The van der Waals surface area contributed by atoms with E-state index >= 15 is 0 Å². The Bertz CT molecular complexity index is 169. The first-order chi connectivity index (χ1) is 5.71. The molecule has 3 unspecified atom stereocenters. The molecule has 2 aliphatic rings. The largest absolute Gasteiger partial charge is 0.390 e. The zero-order chi connectivity index (χ0) is 8.60. The van der Waals surface area contributed by atoms with E-state index in [1.54, 1.807) is 0 Å². The first kappa shape index (κ1) is 8.52. The molecular formula is C10H18O2. The normalized spacial score (nSPS) is 48.5. The van der Waals surface area contributed by atoms with E-state index in [4.69, 9.17) is 0 Å². The smallest absolute Gasteiger partial charge is 0.0905 e. The van der Waals surface area contributed by atoms with Crippen LogP contribution in [-0.4, -0.2) is 21.9 Å². The van der Waals surface area contributed by atoms with Crippen molar-refractivity contribution in [3.8, 4) is 0 Å². The van der Waals surface area contributed by atoms with Gasteiger partial charge in [0.25, 0.3) is 0 Å². The fourth-order valence-corrected chi connectivity index (χ4v) is 2.70. The zero-order valence-electron chi connectivity index (χ0n) is 7.50. The molecule has 0 saturated heterocycles. The molecule has 0 aromatic rings. The number of aliphatic hydroxyl groups is 2. The van der Waals surface area contributed by atoms with Gasteiger partial charge in [0.05, 0.1) is 11.7 Å². The molecule has 3 atom stereocenters. The second-order valence-corrected chi connectivity index (χ2v) is 4.49. The van der Waals surface area contributed by atoms with Crippen molar-refractivity contribution < 1.29 is 10.2 Å². The molecule has 2 heteroatoms. The van der Waals surface area contributed by atoms with Gasteiger partial charge >= 0.3 is 0 Å². The fraction of sp³-hybridized carbons (Fsp3) is 1.00. The molecule has 0 aromatic carbocycles. The number of hydrogen-bond acceptors (Lipinski definition) is 2. The molecule has 2 saturated carbocycles. The average Bonchev–Trinajstić information content (AvgIpc) is 2.29. The van der Waals surface area contributed by atoms with Crippen molar-refractivity contribution in [2.45, 2.75) is 56.7 Å². The third kappa shape index (κ3) is 1.38. The Morgan fingerprint density at radius 1 is 1.00 bits per heavy atom. The summed E-state index contributed by atoms with van der Waals surface area (Å²) in [6.45, 7) is 0. The summed E-state index contributed by atoms with van der Waals surface area (Å²) in [5.41, 5.74) is -0.731. The van der Waals surface area contributed by atoms with Crippen LogP contribution in [0.4, 0.5) is 0 Å². The number of hydrogen-bond donors (Lipinski definition) is 2. The van der Waals surface area contributed by atoms with Gasteiger partial charge in [-0.15, -0.1) is 0 Å². The summed E-state index contributed by atoms with van der Waals surface area (Å²) in [6, 6.07) is 0. The third-order valence-electron chi connectivity index (χ3n) is 3.68. The van der Waals surface area contributed by atoms with Crippen LogP contribution in [0.3, 0.4) is 0 Å². The molecule has 2 N–H and O–H groups in total. The van der Waals surface area contributed by atoms with Crippen molar-refractivity contribution in [1.82, 2.24) is 0 Å². The van der Waals surface area contributed by atoms with Crippen LogP contribution in [0.2, 0.25) is 0 Å².